The third kappa shape index (κ3) is 4.13. The Morgan fingerprint density at radius 2 is 1.67 bits per heavy atom. The molecule has 0 saturated carbocycles. The van der Waals surface area contributed by atoms with E-state index >= 15 is 0 Å². The van der Waals surface area contributed by atoms with Crippen LogP contribution in [0.3, 0.4) is 0 Å². The van der Waals surface area contributed by atoms with Gasteiger partial charge in [-0.3, -0.25) is 4.79 Å². The molecule has 5 nitrogen and oxygen atoms in total. The van der Waals surface area contributed by atoms with Crippen LogP contribution in [0, 0.1) is 0 Å². The summed E-state index contributed by atoms with van der Waals surface area (Å²) in [4.78, 5) is 12.0. The highest BCUT2D eigenvalue weighted by atomic mass is 79.9. The van der Waals surface area contributed by atoms with Crippen LogP contribution in [0.15, 0.2) is 56.3 Å². The van der Waals surface area contributed by atoms with Gasteiger partial charge in [-0.25, -0.2) is 13.6 Å². The van der Waals surface area contributed by atoms with Crippen LogP contribution in [0.25, 0.3) is 0 Å². The van der Waals surface area contributed by atoms with E-state index in [0.717, 1.165) is 4.47 Å². The minimum atomic E-state index is -3.80. The molecule has 110 valence electrons. The van der Waals surface area contributed by atoms with Gasteiger partial charge in [0.25, 0.3) is 5.91 Å². The predicted molar refractivity (Wildman–Crippen MR) is 87.6 cm³/mol. The fourth-order valence-corrected chi connectivity index (χ4v) is 3.52. The summed E-state index contributed by atoms with van der Waals surface area (Å²) in [7, 11) is -3.80. The Balaban J connectivity index is 2.22. The molecule has 0 aliphatic heterocycles. The van der Waals surface area contributed by atoms with E-state index in [1.54, 1.807) is 24.3 Å². The van der Waals surface area contributed by atoms with Crippen molar-refractivity contribution in [3.63, 3.8) is 0 Å². The zero-order chi connectivity index (χ0) is 15.6. The van der Waals surface area contributed by atoms with Gasteiger partial charge in [0.05, 0.1) is 4.90 Å². The minimum absolute atomic E-state index is 0.0378. The first-order valence-corrected chi connectivity index (χ1v) is 8.80. The molecule has 0 spiro atoms. The van der Waals surface area contributed by atoms with Crippen molar-refractivity contribution in [2.24, 2.45) is 5.14 Å². The fraction of sp³-hybridized carbons (Fsp3) is 0. The Morgan fingerprint density at radius 3 is 2.19 bits per heavy atom. The maximum atomic E-state index is 12.0. The summed E-state index contributed by atoms with van der Waals surface area (Å²) >= 11 is 6.41. The van der Waals surface area contributed by atoms with E-state index in [4.69, 9.17) is 5.14 Å². The van der Waals surface area contributed by atoms with Gasteiger partial charge in [-0.05, 0) is 58.4 Å². The highest BCUT2D eigenvalue weighted by molar-refractivity contribution is 9.10. The second-order valence-electron chi connectivity index (χ2n) is 4.15. The standard InChI is InChI=1S/C13H10Br2N2O3S/c14-9-3-1-8(2-4-9)13(18)17-10-5-6-12(11(15)7-10)21(16,19)20/h1-7H,(H,17,18)(H2,16,19,20). The van der Waals surface area contributed by atoms with Gasteiger partial charge in [0.1, 0.15) is 0 Å². The number of rotatable bonds is 3. The van der Waals surface area contributed by atoms with Crippen LogP contribution in [0.4, 0.5) is 5.69 Å². The summed E-state index contributed by atoms with van der Waals surface area (Å²) < 4.78 is 23.8. The second kappa shape index (κ2) is 6.27. The Bertz CT molecular complexity index is 790. The normalized spacial score (nSPS) is 11.2. The number of nitrogens with two attached hydrogens (primary N) is 1. The molecule has 2 aromatic rings. The first-order valence-electron chi connectivity index (χ1n) is 5.66. The summed E-state index contributed by atoms with van der Waals surface area (Å²) in [5.41, 5.74) is 0.951. The number of hydrogen-bond acceptors (Lipinski definition) is 3. The molecule has 0 aliphatic carbocycles. The van der Waals surface area contributed by atoms with Gasteiger partial charge in [-0.1, -0.05) is 15.9 Å². The van der Waals surface area contributed by atoms with E-state index in [1.807, 2.05) is 0 Å². The quantitative estimate of drug-likeness (QED) is 0.779. The maximum absolute atomic E-state index is 12.0. The lowest BCUT2D eigenvalue weighted by atomic mass is 10.2. The highest BCUT2D eigenvalue weighted by Gasteiger charge is 2.13. The first kappa shape index (κ1) is 16.2. The first-order chi connectivity index (χ1) is 9.77. The molecule has 0 saturated heterocycles. The second-order valence-corrected chi connectivity index (χ2v) is 7.45. The fourth-order valence-electron chi connectivity index (χ4n) is 1.61. The van der Waals surface area contributed by atoms with Gasteiger partial charge in [-0.2, -0.15) is 0 Å². The molecule has 0 bridgehead atoms. The molecule has 2 rings (SSSR count). The highest BCUT2D eigenvalue weighted by Crippen LogP contribution is 2.25. The minimum Gasteiger partial charge on any atom is -0.322 e. The summed E-state index contributed by atoms with van der Waals surface area (Å²) in [6.07, 6.45) is 0. The molecule has 0 aliphatic rings. The number of primary sulfonamides is 1. The Labute approximate surface area is 138 Å². The Morgan fingerprint density at radius 1 is 1.05 bits per heavy atom. The van der Waals surface area contributed by atoms with Gasteiger partial charge in [0.2, 0.25) is 10.0 Å². The molecular formula is C13H10Br2N2O3S. The molecule has 0 radical (unpaired) electrons. The average molecular weight is 434 g/mol. The number of amides is 1. The maximum Gasteiger partial charge on any atom is 0.255 e. The van der Waals surface area contributed by atoms with Crippen molar-refractivity contribution >= 4 is 53.5 Å². The number of benzene rings is 2. The van der Waals surface area contributed by atoms with Crippen LogP contribution in [-0.4, -0.2) is 14.3 Å². The lowest BCUT2D eigenvalue weighted by Gasteiger charge is -2.08. The third-order valence-corrected chi connectivity index (χ3v) is 5.02. The predicted octanol–water partition coefficient (Wildman–Crippen LogP) is 3.11. The van der Waals surface area contributed by atoms with E-state index in [9.17, 15) is 13.2 Å². The summed E-state index contributed by atoms with van der Waals surface area (Å²) in [6, 6.07) is 11.2. The van der Waals surface area contributed by atoms with Gasteiger partial charge >= 0.3 is 0 Å². The van der Waals surface area contributed by atoms with Crippen LogP contribution in [0.1, 0.15) is 10.4 Å². The molecule has 0 aromatic heterocycles. The van der Waals surface area contributed by atoms with Crippen molar-refractivity contribution in [2.45, 2.75) is 4.90 Å². The van der Waals surface area contributed by atoms with Crippen molar-refractivity contribution < 1.29 is 13.2 Å². The monoisotopic (exact) mass is 432 g/mol. The van der Waals surface area contributed by atoms with E-state index < -0.39 is 10.0 Å². The summed E-state index contributed by atoms with van der Waals surface area (Å²) in [5, 5.41) is 7.74. The van der Waals surface area contributed by atoms with E-state index in [1.165, 1.54) is 18.2 Å². The summed E-state index contributed by atoms with van der Waals surface area (Å²) in [5.74, 6) is -0.294. The van der Waals surface area contributed by atoms with E-state index in [0.29, 0.717) is 15.7 Å². The molecule has 2 aromatic carbocycles. The number of nitrogens with one attached hydrogen (secondary N) is 1. The Hall–Kier alpha value is -1.22. The number of hydrogen-bond donors (Lipinski definition) is 2. The van der Waals surface area contributed by atoms with Crippen molar-refractivity contribution in [3.8, 4) is 0 Å². The van der Waals surface area contributed by atoms with Crippen molar-refractivity contribution in [1.29, 1.82) is 0 Å². The van der Waals surface area contributed by atoms with Gasteiger partial charge in [0.15, 0.2) is 0 Å². The van der Waals surface area contributed by atoms with E-state index in [-0.39, 0.29) is 10.8 Å². The third-order valence-electron chi connectivity index (χ3n) is 2.60. The molecule has 1 amide bonds. The molecule has 0 atom stereocenters. The lowest BCUT2D eigenvalue weighted by Crippen LogP contribution is -2.14. The summed E-state index contributed by atoms with van der Waals surface area (Å²) in [6.45, 7) is 0. The van der Waals surface area contributed by atoms with Crippen LogP contribution in [0.2, 0.25) is 0 Å². The van der Waals surface area contributed by atoms with Crippen LogP contribution < -0.4 is 10.5 Å². The zero-order valence-corrected chi connectivity index (χ0v) is 14.5. The molecule has 0 unspecified atom stereocenters. The van der Waals surface area contributed by atoms with Gasteiger partial charge in [0, 0.05) is 20.2 Å². The smallest absolute Gasteiger partial charge is 0.255 e. The topological polar surface area (TPSA) is 89.3 Å². The number of anilines is 1. The Kier molecular flexibility index (Phi) is 4.82. The van der Waals surface area contributed by atoms with Crippen molar-refractivity contribution in [1.82, 2.24) is 0 Å². The molecule has 8 heteroatoms. The lowest BCUT2D eigenvalue weighted by molar-refractivity contribution is 0.102. The molecule has 21 heavy (non-hydrogen) atoms. The molecule has 0 fully saturated rings. The van der Waals surface area contributed by atoms with Crippen molar-refractivity contribution in [2.75, 3.05) is 5.32 Å². The van der Waals surface area contributed by atoms with Gasteiger partial charge < -0.3 is 5.32 Å². The van der Waals surface area contributed by atoms with Crippen molar-refractivity contribution in [3.05, 3.63) is 57.0 Å². The van der Waals surface area contributed by atoms with E-state index in [2.05, 4.69) is 37.2 Å². The van der Waals surface area contributed by atoms with Crippen LogP contribution >= 0.6 is 31.9 Å². The number of carbonyl (C=O) groups excluding carboxylic acids is 1. The van der Waals surface area contributed by atoms with Crippen LogP contribution in [-0.2, 0) is 10.0 Å². The molecule has 3 N–H and O–H groups in total. The largest absolute Gasteiger partial charge is 0.322 e. The zero-order valence-electron chi connectivity index (χ0n) is 10.5. The van der Waals surface area contributed by atoms with Gasteiger partial charge in [-0.15, -0.1) is 0 Å². The molecular weight excluding hydrogens is 424 g/mol. The number of sulfonamides is 1. The number of halogens is 2. The SMILES string of the molecule is NS(=O)(=O)c1ccc(NC(=O)c2ccc(Br)cc2)cc1Br. The van der Waals surface area contributed by atoms with Crippen LogP contribution in [0.5, 0.6) is 0 Å². The number of carbonyl (C=O) groups is 1. The average Bonchev–Trinajstić information content (AvgIpc) is 2.37. The molecule has 0 heterocycles.